The van der Waals surface area contributed by atoms with Crippen LogP contribution in [-0.2, 0) is 10.2 Å². The van der Waals surface area contributed by atoms with Crippen molar-refractivity contribution in [1.82, 2.24) is 5.32 Å². The van der Waals surface area contributed by atoms with Gasteiger partial charge in [-0.1, -0.05) is 45.0 Å². The number of carbonyl (C=O) groups excluding carboxylic acids is 1. The summed E-state index contributed by atoms with van der Waals surface area (Å²) in [5.74, 6) is -0.315. The fourth-order valence-corrected chi connectivity index (χ4v) is 3.14. The van der Waals surface area contributed by atoms with Crippen molar-refractivity contribution in [2.75, 3.05) is 11.9 Å². The monoisotopic (exact) mass is 398 g/mol. The van der Waals surface area contributed by atoms with Gasteiger partial charge >= 0.3 is 5.97 Å². The number of rotatable bonds is 5. The molecule has 5 heteroatoms. The second-order valence-electron chi connectivity index (χ2n) is 7.94. The zero-order valence-corrected chi connectivity index (χ0v) is 18.4. The molecule has 0 aliphatic rings. The summed E-state index contributed by atoms with van der Waals surface area (Å²) < 4.78 is 5.04. The van der Waals surface area contributed by atoms with Gasteiger partial charge in [0.2, 0.25) is 0 Å². The minimum absolute atomic E-state index is 0.0770. The number of ether oxygens (including phenoxy) is 1. The highest BCUT2D eigenvalue weighted by Crippen LogP contribution is 2.24. The van der Waals surface area contributed by atoms with E-state index in [0.717, 1.165) is 11.3 Å². The normalized spacial score (nSPS) is 12.2. The number of thiocarbonyl (C=S) groups is 1. The fourth-order valence-electron chi connectivity index (χ4n) is 2.86. The van der Waals surface area contributed by atoms with Gasteiger partial charge in [-0.3, -0.25) is 0 Å². The third-order valence-corrected chi connectivity index (χ3v) is 4.83. The lowest BCUT2D eigenvalue weighted by Crippen LogP contribution is -2.31. The van der Waals surface area contributed by atoms with Crippen LogP contribution in [0, 0.1) is 6.92 Å². The predicted molar refractivity (Wildman–Crippen MR) is 120 cm³/mol. The number of esters is 1. The quantitative estimate of drug-likeness (QED) is 0.513. The summed E-state index contributed by atoms with van der Waals surface area (Å²) in [6.07, 6.45) is 0. The molecular formula is C23H30N2O2S. The molecule has 150 valence electrons. The van der Waals surface area contributed by atoms with E-state index in [0.29, 0.717) is 17.3 Å². The molecular weight excluding hydrogens is 368 g/mol. The van der Waals surface area contributed by atoms with E-state index in [1.54, 1.807) is 19.1 Å². The molecule has 0 fully saturated rings. The maximum Gasteiger partial charge on any atom is 0.338 e. The number of aryl methyl sites for hydroxylation is 1. The third kappa shape index (κ3) is 5.80. The second-order valence-corrected chi connectivity index (χ2v) is 8.35. The Balaban J connectivity index is 2.00. The lowest BCUT2D eigenvalue weighted by Gasteiger charge is -2.22. The summed E-state index contributed by atoms with van der Waals surface area (Å²) in [5, 5.41) is 7.07. The van der Waals surface area contributed by atoms with Gasteiger partial charge in [0.15, 0.2) is 5.11 Å². The first-order valence-corrected chi connectivity index (χ1v) is 9.98. The van der Waals surface area contributed by atoms with Gasteiger partial charge in [-0.25, -0.2) is 4.79 Å². The van der Waals surface area contributed by atoms with Crippen LogP contribution in [0.2, 0.25) is 0 Å². The molecule has 0 radical (unpaired) electrons. The zero-order chi connectivity index (χ0) is 20.9. The Bertz CT molecular complexity index is 839. The van der Waals surface area contributed by atoms with Crippen molar-refractivity contribution in [2.45, 2.75) is 53.0 Å². The molecule has 2 aromatic carbocycles. The van der Waals surface area contributed by atoms with E-state index >= 15 is 0 Å². The molecule has 0 heterocycles. The number of nitrogens with one attached hydrogen (secondary N) is 2. The first kappa shape index (κ1) is 21.9. The van der Waals surface area contributed by atoms with Crippen molar-refractivity contribution in [3.63, 3.8) is 0 Å². The summed E-state index contributed by atoms with van der Waals surface area (Å²) in [4.78, 5) is 11.8. The predicted octanol–water partition coefficient (Wildman–Crippen LogP) is 5.52. The molecule has 4 nitrogen and oxygen atoms in total. The van der Waals surface area contributed by atoms with Crippen LogP contribution in [0.5, 0.6) is 0 Å². The van der Waals surface area contributed by atoms with Crippen LogP contribution in [0.1, 0.15) is 67.7 Å². The maximum atomic E-state index is 11.8. The Labute approximate surface area is 173 Å². The number of anilines is 1. The topological polar surface area (TPSA) is 50.4 Å². The molecule has 0 bridgehead atoms. The van der Waals surface area contributed by atoms with E-state index < -0.39 is 0 Å². The maximum absolute atomic E-state index is 11.8. The zero-order valence-electron chi connectivity index (χ0n) is 17.6. The molecule has 2 rings (SSSR count). The summed E-state index contributed by atoms with van der Waals surface area (Å²) >= 11 is 5.47. The van der Waals surface area contributed by atoms with Crippen molar-refractivity contribution < 1.29 is 9.53 Å². The molecule has 2 N–H and O–H groups in total. The highest BCUT2D eigenvalue weighted by atomic mass is 32.1. The van der Waals surface area contributed by atoms with Crippen molar-refractivity contribution in [2.24, 2.45) is 0 Å². The highest BCUT2D eigenvalue weighted by Gasteiger charge is 2.15. The van der Waals surface area contributed by atoms with Crippen LogP contribution in [0.3, 0.4) is 0 Å². The van der Waals surface area contributed by atoms with Gasteiger partial charge in [0.05, 0.1) is 18.2 Å². The minimum Gasteiger partial charge on any atom is -0.462 e. The minimum atomic E-state index is -0.315. The van der Waals surface area contributed by atoms with Crippen LogP contribution >= 0.6 is 12.2 Å². The third-order valence-electron chi connectivity index (χ3n) is 4.61. The molecule has 0 aliphatic heterocycles. The lowest BCUT2D eigenvalue weighted by molar-refractivity contribution is 0.0526. The van der Waals surface area contributed by atoms with E-state index in [2.05, 4.69) is 62.6 Å². The molecule has 0 aliphatic carbocycles. The van der Waals surface area contributed by atoms with Gasteiger partial charge in [-0.15, -0.1) is 0 Å². The number of carbonyl (C=O) groups is 1. The molecule has 2 aromatic rings. The van der Waals surface area contributed by atoms with Gasteiger partial charge in [0, 0.05) is 5.69 Å². The molecule has 1 atom stereocenters. The lowest BCUT2D eigenvalue weighted by atomic mass is 9.86. The molecule has 0 amide bonds. The van der Waals surface area contributed by atoms with E-state index in [-0.39, 0.29) is 17.4 Å². The Morgan fingerprint density at radius 3 is 2.32 bits per heavy atom. The smallest absolute Gasteiger partial charge is 0.338 e. The fraction of sp³-hybridized carbons (Fsp3) is 0.391. The van der Waals surface area contributed by atoms with Gasteiger partial charge in [0.25, 0.3) is 0 Å². The summed E-state index contributed by atoms with van der Waals surface area (Å²) in [6.45, 7) is 12.8. The van der Waals surface area contributed by atoms with Gasteiger partial charge in [-0.05, 0) is 73.3 Å². The molecule has 0 aromatic heterocycles. The molecule has 0 saturated heterocycles. The van der Waals surface area contributed by atoms with E-state index in [4.69, 9.17) is 17.0 Å². The van der Waals surface area contributed by atoms with Crippen LogP contribution in [0.4, 0.5) is 5.69 Å². The summed E-state index contributed by atoms with van der Waals surface area (Å²) in [6, 6.07) is 14.1. The van der Waals surface area contributed by atoms with E-state index in [9.17, 15) is 4.79 Å². The summed E-state index contributed by atoms with van der Waals surface area (Å²) in [5.41, 5.74) is 4.95. The number of hydrogen-bond acceptors (Lipinski definition) is 3. The van der Waals surface area contributed by atoms with Crippen molar-refractivity contribution in [3.8, 4) is 0 Å². The molecule has 28 heavy (non-hydrogen) atoms. The van der Waals surface area contributed by atoms with Crippen LogP contribution < -0.4 is 10.6 Å². The SMILES string of the molecule is CCOC(=O)c1ccc(NC(=S)N[C@H](C)c2ccc(C(C)(C)C)cc2)c(C)c1. The van der Waals surface area contributed by atoms with Crippen LogP contribution in [0.15, 0.2) is 42.5 Å². The Morgan fingerprint density at radius 2 is 1.79 bits per heavy atom. The van der Waals surface area contributed by atoms with Crippen molar-refractivity contribution in [1.29, 1.82) is 0 Å². The second kappa shape index (κ2) is 9.20. The van der Waals surface area contributed by atoms with E-state index in [1.807, 2.05) is 13.0 Å². The Morgan fingerprint density at radius 1 is 1.14 bits per heavy atom. The van der Waals surface area contributed by atoms with Crippen molar-refractivity contribution in [3.05, 3.63) is 64.7 Å². The Kier molecular flexibility index (Phi) is 7.19. The van der Waals surface area contributed by atoms with Gasteiger partial charge in [0.1, 0.15) is 0 Å². The molecule has 0 spiro atoms. The van der Waals surface area contributed by atoms with Gasteiger partial charge < -0.3 is 15.4 Å². The summed E-state index contributed by atoms with van der Waals surface area (Å²) in [7, 11) is 0. The van der Waals surface area contributed by atoms with Crippen LogP contribution in [0.25, 0.3) is 0 Å². The average Bonchev–Trinajstić information content (AvgIpc) is 2.63. The van der Waals surface area contributed by atoms with Gasteiger partial charge in [-0.2, -0.15) is 0 Å². The average molecular weight is 399 g/mol. The Hall–Kier alpha value is -2.40. The molecule has 0 saturated carbocycles. The standard InChI is InChI=1S/C23H30N2O2S/c1-7-27-21(26)18-10-13-20(15(2)14-18)25-22(28)24-16(3)17-8-11-19(12-9-17)23(4,5)6/h8-14,16H,7H2,1-6H3,(H2,24,25,28)/t16-/m1/s1. The largest absolute Gasteiger partial charge is 0.462 e. The van der Waals surface area contributed by atoms with Crippen LogP contribution in [-0.4, -0.2) is 17.7 Å². The highest BCUT2D eigenvalue weighted by molar-refractivity contribution is 7.80. The number of benzene rings is 2. The van der Waals surface area contributed by atoms with Crippen molar-refractivity contribution >= 4 is 29.0 Å². The van der Waals surface area contributed by atoms with E-state index in [1.165, 1.54) is 11.1 Å². The first-order valence-electron chi connectivity index (χ1n) is 9.57. The molecule has 0 unspecified atom stereocenters. The first-order chi connectivity index (χ1) is 13.1. The number of hydrogen-bond donors (Lipinski definition) is 2.